The van der Waals surface area contributed by atoms with Gasteiger partial charge >= 0.3 is 6.03 Å². The molecule has 3 aliphatic rings. The molecule has 7 nitrogen and oxygen atoms in total. The first-order valence-electron chi connectivity index (χ1n) is 11.6. The van der Waals surface area contributed by atoms with Gasteiger partial charge in [-0.2, -0.15) is 5.26 Å². The predicted octanol–water partition coefficient (Wildman–Crippen LogP) is 3.17. The van der Waals surface area contributed by atoms with Crippen LogP contribution in [0.2, 0.25) is 0 Å². The molecule has 2 amide bonds. The summed E-state index contributed by atoms with van der Waals surface area (Å²) in [6.45, 7) is 11.0. The predicted molar refractivity (Wildman–Crippen MR) is 123 cm³/mol. The Labute approximate surface area is 191 Å². The zero-order valence-corrected chi connectivity index (χ0v) is 19.6. The van der Waals surface area contributed by atoms with Crippen LogP contribution in [0.25, 0.3) is 0 Å². The molecule has 7 heteroatoms. The van der Waals surface area contributed by atoms with Crippen LogP contribution in [0.5, 0.6) is 0 Å². The van der Waals surface area contributed by atoms with Gasteiger partial charge in [0.05, 0.1) is 36.1 Å². The van der Waals surface area contributed by atoms with Gasteiger partial charge in [-0.25, -0.2) is 9.78 Å². The van der Waals surface area contributed by atoms with Gasteiger partial charge < -0.3 is 19.9 Å². The summed E-state index contributed by atoms with van der Waals surface area (Å²) >= 11 is 0. The summed E-state index contributed by atoms with van der Waals surface area (Å²) in [5.41, 5.74) is 3.71. The standard InChI is InChI=1S/C25H33N5O2/c1-6-9-27-24(31)30-11-10-29(14-21(30)16(2)3)23-19(13-26)18-12-25(4,5)32-15-20(18)22(28-23)17-7-8-17/h1,16-17,21H,7-12,14-15H2,2-5H3,(H,27,31)/t21-/m0/s1. The van der Waals surface area contributed by atoms with Crippen molar-refractivity contribution >= 4 is 11.8 Å². The lowest BCUT2D eigenvalue weighted by Crippen LogP contribution is -2.59. The van der Waals surface area contributed by atoms with E-state index in [-0.39, 0.29) is 30.1 Å². The lowest BCUT2D eigenvalue weighted by Gasteiger charge is -2.44. The van der Waals surface area contributed by atoms with E-state index in [1.54, 1.807) is 0 Å². The van der Waals surface area contributed by atoms with E-state index in [1.165, 1.54) is 0 Å². The van der Waals surface area contributed by atoms with Gasteiger partial charge in [0.25, 0.3) is 0 Å². The molecule has 4 rings (SSSR count). The molecule has 1 atom stereocenters. The van der Waals surface area contributed by atoms with Gasteiger partial charge in [0.15, 0.2) is 0 Å². The highest BCUT2D eigenvalue weighted by Crippen LogP contribution is 2.45. The van der Waals surface area contributed by atoms with Crippen molar-refractivity contribution in [2.24, 2.45) is 5.92 Å². The first-order chi connectivity index (χ1) is 15.3. The normalized spacial score (nSPS) is 22.2. The van der Waals surface area contributed by atoms with Gasteiger partial charge in [-0.15, -0.1) is 6.42 Å². The van der Waals surface area contributed by atoms with Gasteiger partial charge in [-0.3, -0.25) is 0 Å². The molecule has 0 aromatic carbocycles. The van der Waals surface area contributed by atoms with Gasteiger partial charge in [0, 0.05) is 37.5 Å². The molecular weight excluding hydrogens is 402 g/mol. The van der Waals surface area contributed by atoms with Crippen LogP contribution in [-0.4, -0.2) is 53.7 Å². The molecule has 1 aliphatic carbocycles. The molecule has 1 N–H and O–H groups in total. The Balaban J connectivity index is 1.69. The van der Waals surface area contributed by atoms with Crippen LogP contribution < -0.4 is 10.2 Å². The fourth-order valence-electron chi connectivity index (χ4n) is 4.87. The van der Waals surface area contributed by atoms with Gasteiger partial charge in [-0.05, 0) is 38.2 Å². The number of hydrogen-bond acceptors (Lipinski definition) is 5. The Morgan fingerprint density at radius 2 is 2.09 bits per heavy atom. The van der Waals surface area contributed by atoms with Crippen molar-refractivity contribution in [3.63, 3.8) is 0 Å². The second kappa shape index (κ2) is 8.64. The quantitative estimate of drug-likeness (QED) is 0.735. The van der Waals surface area contributed by atoms with Crippen molar-refractivity contribution in [3.8, 4) is 18.4 Å². The van der Waals surface area contributed by atoms with Crippen LogP contribution >= 0.6 is 0 Å². The van der Waals surface area contributed by atoms with E-state index in [9.17, 15) is 10.1 Å². The molecule has 0 bridgehead atoms. The van der Waals surface area contributed by atoms with Gasteiger partial charge in [0.1, 0.15) is 11.9 Å². The van der Waals surface area contributed by atoms with Crippen molar-refractivity contribution in [2.45, 2.75) is 71.1 Å². The van der Waals surface area contributed by atoms with Crippen molar-refractivity contribution in [3.05, 3.63) is 22.4 Å². The number of aromatic nitrogens is 1. The van der Waals surface area contributed by atoms with E-state index < -0.39 is 0 Å². The smallest absolute Gasteiger partial charge is 0.318 e. The van der Waals surface area contributed by atoms with Crippen molar-refractivity contribution < 1.29 is 9.53 Å². The summed E-state index contributed by atoms with van der Waals surface area (Å²) in [6.07, 6.45) is 8.31. The summed E-state index contributed by atoms with van der Waals surface area (Å²) in [4.78, 5) is 21.8. The highest BCUT2D eigenvalue weighted by molar-refractivity contribution is 5.75. The topological polar surface area (TPSA) is 81.5 Å². The average molecular weight is 436 g/mol. The summed E-state index contributed by atoms with van der Waals surface area (Å²) in [6, 6.07) is 2.36. The number of pyridine rings is 1. The molecular formula is C25H33N5O2. The highest BCUT2D eigenvalue weighted by atomic mass is 16.5. The number of urea groups is 1. The van der Waals surface area contributed by atoms with E-state index in [2.05, 4.69) is 49.9 Å². The molecule has 0 unspecified atom stereocenters. The summed E-state index contributed by atoms with van der Waals surface area (Å²) in [7, 11) is 0. The Kier molecular flexibility index (Phi) is 6.05. The molecule has 1 aromatic heterocycles. The van der Waals surface area contributed by atoms with Crippen molar-refractivity contribution in [1.82, 2.24) is 15.2 Å². The molecule has 1 aromatic rings. The molecule has 3 heterocycles. The van der Waals surface area contributed by atoms with Gasteiger partial charge in [0.2, 0.25) is 0 Å². The molecule has 1 saturated heterocycles. The van der Waals surface area contributed by atoms with Crippen LogP contribution in [0.15, 0.2) is 0 Å². The van der Waals surface area contributed by atoms with E-state index in [0.29, 0.717) is 44.1 Å². The minimum Gasteiger partial charge on any atom is -0.370 e. The summed E-state index contributed by atoms with van der Waals surface area (Å²) in [5.74, 6) is 3.97. The second-order valence-corrected chi connectivity index (χ2v) is 10.1. The third kappa shape index (κ3) is 4.27. The average Bonchev–Trinajstić information content (AvgIpc) is 3.60. The van der Waals surface area contributed by atoms with E-state index in [4.69, 9.17) is 16.1 Å². The number of carbonyl (C=O) groups excluding carboxylic acids is 1. The minimum atomic E-state index is -0.299. The van der Waals surface area contributed by atoms with Crippen LogP contribution in [0, 0.1) is 29.6 Å². The molecule has 2 aliphatic heterocycles. The number of nitrogens with one attached hydrogen (secondary N) is 1. The SMILES string of the molecule is C#CCNC(=O)N1CCN(c2nc(C3CC3)c3c(c2C#N)CC(C)(C)OC3)C[C@H]1C(C)C. The maximum Gasteiger partial charge on any atom is 0.318 e. The van der Waals surface area contributed by atoms with Crippen LogP contribution in [0.4, 0.5) is 10.6 Å². The van der Waals surface area contributed by atoms with Gasteiger partial charge in [-0.1, -0.05) is 19.8 Å². The Bertz CT molecular complexity index is 984. The van der Waals surface area contributed by atoms with E-state index in [0.717, 1.165) is 35.5 Å². The third-order valence-electron chi connectivity index (χ3n) is 6.80. The Morgan fingerprint density at radius 1 is 1.34 bits per heavy atom. The number of amides is 2. The zero-order valence-electron chi connectivity index (χ0n) is 19.6. The van der Waals surface area contributed by atoms with E-state index >= 15 is 0 Å². The number of terminal acetylenes is 1. The van der Waals surface area contributed by atoms with Crippen LogP contribution in [0.3, 0.4) is 0 Å². The Hall–Kier alpha value is -2.77. The summed E-state index contributed by atoms with van der Waals surface area (Å²) in [5, 5.41) is 13.0. The monoisotopic (exact) mass is 435 g/mol. The highest BCUT2D eigenvalue weighted by Gasteiger charge is 2.39. The first kappa shape index (κ1) is 22.4. The van der Waals surface area contributed by atoms with Crippen LogP contribution in [0.1, 0.15) is 68.8 Å². The molecule has 32 heavy (non-hydrogen) atoms. The number of piperazine rings is 1. The molecule has 1 saturated carbocycles. The number of fused-ring (bicyclic) bond motifs is 1. The number of nitriles is 1. The fourth-order valence-corrected chi connectivity index (χ4v) is 4.87. The lowest BCUT2D eigenvalue weighted by molar-refractivity contribution is -0.0407. The number of nitrogens with zero attached hydrogens (tertiary/aromatic N) is 4. The number of carbonyl (C=O) groups is 1. The zero-order chi connectivity index (χ0) is 23.0. The summed E-state index contributed by atoms with van der Waals surface area (Å²) < 4.78 is 6.09. The lowest BCUT2D eigenvalue weighted by atomic mass is 9.87. The van der Waals surface area contributed by atoms with Crippen molar-refractivity contribution in [2.75, 3.05) is 31.1 Å². The maximum atomic E-state index is 12.7. The molecule has 0 radical (unpaired) electrons. The number of hydrogen-bond donors (Lipinski definition) is 1. The number of anilines is 1. The fraction of sp³-hybridized carbons (Fsp3) is 0.640. The largest absolute Gasteiger partial charge is 0.370 e. The third-order valence-corrected chi connectivity index (χ3v) is 6.80. The van der Waals surface area contributed by atoms with Crippen molar-refractivity contribution in [1.29, 1.82) is 5.26 Å². The first-order valence-corrected chi connectivity index (χ1v) is 11.6. The Morgan fingerprint density at radius 3 is 2.72 bits per heavy atom. The molecule has 170 valence electrons. The second-order valence-electron chi connectivity index (χ2n) is 10.1. The maximum absolute atomic E-state index is 12.7. The van der Waals surface area contributed by atoms with Crippen LogP contribution in [-0.2, 0) is 17.8 Å². The number of ether oxygens (including phenoxy) is 1. The number of rotatable bonds is 4. The molecule has 2 fully saturated rings. The minimum absolute atomic E-state index is 0.00930. The molecule has 0 spiro atoms. The van der Waals surface area contributed by atoms with E-state index in [1.807, 2.05) is 4.90 Å².